The van der Waals surface area contributed by atoms with Gasteiger partial charge in [-0.3, -0.25) is 0 Å². The van der Waals surface area contributed by atoms with Crippen LogP contribution in [0.5, 0.6) is 0 Å². The van der Waals surface area contributed by atoms with Crippen LogP contribution in [-0.2, 0) is 4.74 Å². The maximum Gasteiger partial charge on any atom is 0.335 e. The zero-order chi connectivity index (χ0) is 15.3. The van der Waals surface area contributed by atoms with Crippen LogP contribution in [0.2, 0.25) is 0 Å². The molecule has 1 unspecified atom stereocenters. The number of carbonyl (C=O) groups excluding carboxylic acids is 1. The number of methoxy groups -OCH3 is 1. The Kier molecular flexibility index (Phi) is 5.97. The zero-order valence-corrected chi connectivity index (χ0v) is 13.1. The van der Waals surface area contributed by atoms with Crippen LogP contribution >= 0.6 is 15.9 Å². The molecule has 1 atom stereocenters. The highest BCUT2D eigenvalue weighted by atomic mass is 79.9. The number of aromatic carboxylic acids is 1. The first kappa shape index (κ1) is 16.5. The van der Waals surface area contributed by atoms with Crippen molar-refractivity contribution in [2.24, 2.45) is 0 Å². The summed E-state index contributed by atoms with van der Waals surface area (Å²) in [5.41, 5.74) is 0.516. The molecule has 1 aromatic rings. The minimum Gasteiger partial charge on any atom is -0.478 e. The molecular weight excluding hydrogens is 328 g/mol. The van der Waals surface area contributed by atoms with E-state index in [1.54, 1.807) is 20.2 Å². The third-order valence-corrected chi connectivity index (χ3v) is 3.54. The zero-order valence-electron chi connectivity index (χ0n) is 11.5. The lowest BCUT2D eigenvalue weighted by Crippen LogP contribution is -2.40. The fourth-order valence-corrected chi connectivity index (χ4v) is 1.86. The van der Waals surface area contributed by atoms with Crippen LogP contribution in [0.25, 0.3) is 0 Å². The van der Waals surface area contributed by atoms with E-state index in [1.807, 2.05) is 6.92 Å². The monoisotopic (exact) mass is 344 g/mol. The van der Waals surface area contributed by atoms with Crippen molar-refractivity contribution in [1.29, 1.82) is 0 Å². The Morgan fingerprint density at radius 1 is 1.50 bits per heavy atom. The molecule has 2 amide bonds. The predicted octanol–water partition coefficient (Wildman–Crippen LogP) is 2.65. The van der Waals surface area contributed by atoms with Crippen molar-refractivity contribution in [2.45, 2.75) is 13.0 Å². The van der Waals surface area contributed by atoms with Gasteiger partial charge in [-0.15, -0.1) is 0 Å². The second-order valence-corrected chi connectivity index (χ2v) is 5.20. The highest BCUT2D eigenvalue weighted by Crippen LogP contribution is 2.24. The molecule has 20 heavy (non-hydrogen) atoms. The van der Waals surface area contributed by atoms with Crippen LogP contribution < -0.4 is 5.32 Å². The number of hydrogen-bond donors (Lipinski definition) is 2. The smallest absolute Gasteiger partial charge is 0.335 e. The van der Waals surface area contributed by atoms with E-state index in [9.17, 15) is 9.59 Å². The van der Waals surface area contributed by atoms with E-state index in [0.717, 1.165) is 0 Å². The van der Waals surface area contributed by atoms with Crippen molar-refractivity contribution in [1.82, 2.24) is 4.90 Å². The maximum absolute atomic E-state index is 12.1. The van der Waals surface area contributed by atoms with Gasteiger partial charge in [0, 0.05) is 18.6 Å². The number of amides is 2. The van der Waals surface area contributed by atoms with E-state index >= 15 is 0 Å². The Morgan fingerprint density at radius 3 is 2.70 bits per heavy atom. The first-order chi connectivity index (χ1) is 9.36. The molecule has 0 fully saturated rings. The Hall–Kier alpha value is -1.60. The molecule has 0 aromatic heterocycles. The highest BCUT2D eigenvalue weighted by molar-refractivity contribution is 9.10. The summed E-state index contributed by atoms with van der Waals surface area (Å²) >= 11 is 3.27. The lowest BCUT2D eigenvalue weighted by molar-refractivity contribution is 0.0697. The Bertz CT molecular complexity index is 507. The number of benzene rings is 1. The highest BCUT2D eigenvalue weighted by Gasteiger charge is 2.17. The number of urea groups is 1. The molecule has 0 aliphatic rings. The minimum atomic E-state index is -1.05. The average Bonchev–Trinajstić information content (AvgIpc) is 2.40. The van der Waals surface area contributed by atoms with Gasteiger partial charge < -0.3 is 20.1 Å². The van der Waals surface area contributed by atoms with E-state index in [1.165, 1.54) is 17.0 Å². The molecular formula is C13H17BrN2O4. The van der Waals surface area contributed by atoms with Crippen LogP contribution in [0.15, 0.2) is 22.7 Å². The van der Waals surface area contributed by atoms with E-state index < -0.39 is 5.97 Å². The number of ether oxygens (including phenoxy) is 1. The van der Waals surface area contributed by atoms with Crippen molar-refractivity contribution < 1.29 is 19.4 Å². The lowest BCUT2D eigenvalue weighted by atomic mass is 10.2. The van der Waals surface area contributed by atoms with Crippen molar-refractivity contribution in [3.05, 3.63) is 28.2 Å². The van der Waals surface area contributed by atoms with Gasteiger partial charge in [0.25, 0.3) is 0 Å². The first-order valence-electron chi connectivity index (χ1n) is 5.92. The van der Waals surface area contributed by atoms with Crippen LogP contribution in [0.1, 0.15) is 17.3 Å². The molecule has 1 aromatic carbocycles. The molecule has 0 aliphatic heterocycles. The molecule has 0 saturated heterocycles. The Morgan fingerprint density at radius 2 is 2.15 bits per heavy atom. The van der Waals surface area contributed by atoms with Gasteiger partial charge >= 0.3 is 12.0 Å². The number of anilines is 1. The van der Waals surface area contributed by atoms with Gasteiger partial charge in [0.05, 0.1) is 23.9 Å². The SMILES string of the molecule is COCC(C)N(C)C(=O)Nc1cc(C(=O)O)ccc1Br. The molecule has 0 bridgehead atoms. The van der Waals surface area contributed by atoms with Crippen LogP contribution in [0.4, 0.5) is 10.5 Å². The Labute approximate surface area is 125 Å². The molecule has 2 N–H and O–H groups in total. The normalized spacial score (nSPS) is 11.8. The summed E-state index contributed by atoms with van der Waals surface area (Å²) in [6.07, 6.45) is 0. The summed E-state index contributed by atoms with van der Waals surface area (Å²) in [4.78, 5) is 24.5. The number of carbonyl (C=O) groups is 2. The number of halogens is 1. The molecule has 0 radical (unpaired) electrons. The second-order valence-electron chi connectivity index (χ2n) is 4.35. The van der Waals surface area contributed by atoms with Gasteiger partial charge in [0.1, 0.15) is 0 Å². The first-order valence-corrected chi connectivity index (χ1v) is 6.71. The molecule has 6 nitrogen and oxygen atoms in total. The topological polar surface area (TPSA) is 78.9 Å². The van der Waals surface area contributed by atoms with Gasteiger partial charge in [0.15, 0.2) is 0 Å². The van der Waals surface area contributed by atoms with E-state index in [-0.39, 0.29) is 17.6 Å². The standard InChI is InChI=1S/C13H17BrN2O4/c1-8(7-20-3)16(2)13(19)15-11-6-9(12(17)18)4-5-10(11)14/h4-6,8H,7H2,1-3H3,(H,15,19)(H,17,18). The summed E-state index contributed by atoms with van der Waals surface area (Å²) in [5, 5.41) is 11.6. The average molecular weight is 345 g/mol. The summed E-state index contributed by atoms with van der Waals surface area (Å²) in [6.45, 7) is 2.27. The number of nitrogens with zero attached hydrogens (tertiary/aromatic N) is 1. The number of likely N-dealkylation sites (N-methyl/N-ethyl adjacent to an activating group) is 1. The molecule has 0 saturated carbocycles. The third-order valence-electron chi connectivity index (χ3n) is 2.84. The van der Waals surface area contributed by atoms with Crippen LogP contribution in [0, 0.1) is 0 Å². The van der Waals surface area contributed by atoms with Crippen molar-refractivity contribution in [2.75, 3.05) is 26.1 Å². The van der Waals surface area contributed by atoms with Crippen molar-refractivity contribution >= 4 is 33.6 Å². The largest absolute Gasteiger partial charge is 0.478 e. The van der Waals surface area contributed by atoms with E-state index in [0.29, 0.717) is 16.8 Å². The fraction of sp³-hybridized carbons (Fsp3) is 0.385. The Balaban J connectivity index is 2.84. The fourth-order valence-electron chi connectivity index (χ4n) is 1.51. The number of rotatable bonds is 5. The van der Waals surface area contributed by atoms with Crippen LogP contribution in [0.3, 0.4) is 0 Å². The second kappa shape index (κ2) is 7.25. The van der Waals surface area contributed by atoms with E-state index in [4.69, 9.17) is 9.84 Å². The van der Waals surface area contributed by atoms with Gasteiger partial charge in [-0.25, -0.2) is 9.59 Å². The molecule has 110 valence electrons. The van der Waals surface area contributed by atoms with Crippen molar-refractivity contribution in [3.63, 3.8) is 0 Å². The number of hydrogen-bond acceptors (Lipinski definition) is 3. The summed E-state index contributed by atoms with van der Waals surface area (Å²) < 4.78 is 5.61. The molecule has 0 heterocycles. The van der Waals surface area contributed by atoms with Gasteiger partial charge in [-0.1, -0.05) is 0 Å². The van der Waals surface area contributed by atoms with Gasteiger partial charge in [-0.05, 0) is 41.1 Å². The number of carboxylic acid groups (broad SMARTS) is 1. The number of nitrogens with one attached hydrogen (secondary N) is 1. The third kappa shape index (κ3) is 4.21. The summed E-state index contributed by atoms with van der Waals surface area (Å²) in [6, 6.07) is 4.01. The van der Waals surface area contributed by atoms with Gasteiger partial charge in [-0.2, -0.15) is 0 Å². The predicted molar refractivity (Wildman–Crippen MR) is 79.2 cm³/mol. The molecule has 0 aliphatic carbocycles. The molecule has 7 heteroatoms. The van der Waals surface area contributed by atoms with Gasteiger partial charge in [0.2, 0.25) is 0 Å². The molecule has 0 spiro atoms. The lowest BCUT2D eigenvalue weighted by Gasteiger charge is -2.24. The summed E-state index contributed by atoms with van der Waals surface area (Å²) in [5.74, 6) is -1.05. The maximum atomic E-state index is 12.1. The van der Waals surface area contributed by atoms with E-state index in [2.05, 4.69) is 21.2 Å². The number of carboxylic acids is 1. The van der Waals surface area contributed by atoms with Crippen LogP contribution in [-0.4, -0.2) is 48.8 Å². The minimum absolute atomic E-state index is 0.0959. The summed E-state index contributed by atoms with van der Waals surface area (Å²) in [7, 11) is 3.21. The molecule has 1 rings (SSSR count). The van der Waals surface area contributed by atoms with Crippen molar-refractivity contribution in [3.8, 4) is 0 Å². The quantitative estimate of drug-likeness (QED) is 0.860.